The van der Waals surface area contributed by atoms with Crippen LogP contribution in [0.15, 0.2) is 0 Å². The van der Waals surface area contributed by atoms with E-state index < -0.39 is 9.84 Å². The molecule has 2 aliphatic rings. The predicted molar refractivity (Wildman–Crippen MR) is 86.3 cm³/mol. The smallest absolute Gasteiger partial charge is 0.150 e. The Bertz CT molecular complexity index is 404. The molecule has 1 heterocycles. The van der Waals surface area contributed by atoms with E-state index in [9.17, 15) is 8.42 Å². The lowest BCUT2D eigenvalue weighted by molar-refractivity contribution is 0.0957. The van der Waals surface area contributed by atoms with Crippen LogP contribution in [-0.2, 0) is 14.6 Å². The molecule has 4 unspecified atom stereocenters. The molecule has 1 N–H and O–H groups in total. The molecule has 0 aromatic heterocycles. The fraction of sp³-hybridized carbons (Fsp3) is 1.00. The lowest BCUT2D eigenvalue weighted by Gasteiger charge is -2.34. The van der Waals surface area contributed by atoms with Gasteiger partial charge in [-0.15, -0.1) is 0 Å². The van der Waals surface area contributed by atoms with Crippen LogP contribution in [0, 0.1) is 5.92 Å². The number of hydrogen-bond acceptors (Lipinski definition) is 4. The molecule has 2 fully saturated rings. The van der Waals surface area contributed by atoms with Gasteiger partial charge >= 0.3 is 0 Å². The van der Waals surface area contributed by atoms with Crippen LogP contribution in [0.5, 0.6) is 0 Å². The molecule has 0 spiro atoms. The van der Waals surface area contributed by atoms with Crippen LogP contribution in [0.25, 0.3) is 0 Å². The topological polar surface area (TPSA) is 55.4 Å². The third-order valence-electron chi connectivity index (χ3n) is 5.13. The van der Waals surface area contributed by atoms with Crippen LogP contribution in [0.2, 0.25) is 0 Å². The highest BCUT2D eigenvalue weighted by atomic mass is 32.2. The minimum atomic E-state index is -2.89. The molecule has 0 radical (unpaired) electrons. The highest BCUT2D eigenvalue weighted by Crippen LogP contribution is 2.32. The second-order valence-corrected chi connectivity index (χ2v) is 9.08. The zero-order chi connectivity index (χ0) is 15.3. The molecular formula is C16H31NO3S. The summed E-state index contributed by atoms with van der Waals surface area (Å²) in [4.78, 5) is 0. The Kier molecular flexibility index (Phi) is 6.51. The summed E-state index contributed by atoms with van der Waals surface area (Å²) in [7, 11) is -2.89. The molecule has 5 heteroatoms. The minimum absolute atomic E-state index is 0.125. The van der Waals surface area contributed by atoms with Crippen LogP contribution in [0.3, 0.4) is 0 Å². The predicted octanol–water partition coefficient (Wildman–Crippen LogP) is 2.53. The van der Waals surface area contributed by atoms with E-state index in [1.54, 1.807) is 0 Å². The normalized spacial score (nSPS) is 32.2. The van der Waals surface area contributed by atoms with Crippen molar-refractivity contribution in [2.24, 2.45) is 5.92 Å². The SMILES string of the molecule is CCNC(CCC1CCCO1)C1CCCC(S(C)(=O)=O)C1. The van der Waals surface area contributed by atoms with Crippen LogP contribution < -0.4 is 5.32 Å². The van der Waals surface area contributed by atoms with Crippen LogP contribution in [-0.4, -0.2) is 45.2 Å². The van der Waals surface area contributed by atoms with E-state index >= 15 is 0 Å². The lowest BCUT2D eigenvalue weighted by Crippen LogP contribution is -2.41. The van der Waals surface area contributed by atoms with Crippen LogP contribution >= 0.6 is 0 Å². The van der Waals surface area contributed by atoms with Crippen molar-refractivity contribution in [1.82, 2.24) is 5.32 Å². The first kappa shape index (κ1) is 17.2. The van der Waals surface area contributed by atoms with Gasteiger partial charge in [-0.3, -0.25) is 0 Å². The Morgan fingerprint density at radius 1 is 1.24 bits per heavy atom. The van der Waals surface area contributed by atoms with Crippen molar-refractivity contribution in [2.75, 3.05) is 19.4 Å². The maximum absolute atomic E-state index is 11.8. The molecule has 1 saturated heterocycles. The Balaban J connectivity index is 1.89. The highest BCUT2D eigenvalue weighted by molar-refractivity contribution is 7.91. The largest absolute Gasteiger partial charge is 0.378 e. The quantitative estimate of drug-likeness (QED) is 0.784. The minimum Gasteiger partial charge on any atom is -0.378 e. The van der Waals surface area contributed by atoms with Crippen molar-refractivity contribution in [1.29, 1.82) is 0 Å². The molecule has 4 atom stereocenters. The average Bonchev–Trinajstić information content (AvgIpc) is 2.96. The van der Waals surface area contributed by atoms with Gasteiger partial charge in [-0.05, 0) is 57.4 Å². The first-order chi connectivity index (χ1) is 10.0. The van der Waals surface area contributed by atoms with Gasteiger partial charge in [0.15, 0.2) is 0 Å². The van der Waals surface area contributed by atoms with Crippen molar-refractivity contribution >= 4 is 9.84 Å². The van der Waals surface area contributed by atoms with Crippen molar-refractivity contribution in [3.63, 3.8) is 0 Å². The maximum atomic E-state index is 11.8. The lowest BCUT2D eigenvalue weighted by atomic mass is 9.81. The van der Waals surface area contributed by atoms with Gasteiger partial charge in [0.2, 0.25) is 0 Å². The van der Waals surface area contributed by atoms with Gasteiger partial charge in [0.25, 0.3) is 0 Å². The number of rotatable bonds is 7. The molecule has 0 aromatic rings. The summed E-state index contributed by atoms with van der Waals surface area (Å²) in [5, 5.41) is 3.47. The third-order valence-corrected chi connectivity index (χ3v) is 6.77. The molecule has 21 heavy (non-hydrogen) atoms. The maximum Gasteiger partial charge on any atom is 0.150 e. The molecule has 1 aliphatic carbocycles. The molecular weight excluding hydrogens is 286 g/mol. The van der Waals surface area contributed by atoms with E-state index in [2.05, 4.69) is 12.2 Å². The second kappa shape index (κ2) is 7.93. The van der Waals surface area contributed by atoms with Crippen molar-refractivity contribution in [3.8, 4) is 0 Å². The Morgan fingerprint density at radius 2 is 2.05 bits per heavy atom. The van der Waals surface area contributed by atoms with Gasteiger partial charge in [0, 0.05) is 18.9 Å². The Morgan fingerprint density at radius 3 is 2.67 bits per heavy atom. The summed E-state index contributed by atoms with van der Waals surface area (Å²) < 4.78 is 29.4. The average molecular weight is 317 g/mol. The molecule has 124 valence electrons. The van der Waals surface area contributed by atoms with Crippen molar-refractivity contribution < 1.29 is 13.2 Å². The Labute approximate surface area is 129 Å². The van der Waals surface area contributed by atoms with E-state index in [0.29, 0.717) is 18.1 Å². The van der Waals surface area contributed by atoms with Gasteiger partial charge in [-0.1, -0.05) is 13.3 Å². The van der Waals surface area contributed by atoms with Gasteiger partial charge < -0.3 is 10.1 Å². The zero-order valence-electron chi connectivity index (χ0n) is 13.5. The van der Waals surface area contributed by atoms with E-state index in [1.807, 2.05) is 0 Å². The third kappa shape index (κ3) is 5.22. The standard InChI is InChI=1S/C16H31NO3S/c1-3-17-16(10-9-14-7-5-11-20-14)13-6-4-8-15(12-13)21(2,18)19/h13-17H,3-12H2,1-2H3. The monoisotopic (exact) mass is 317 g/mol. The second-order valence-electron chi connectivity index (χ2n) is 6.75. The molecule has 1 saturated carbocycles. The fourth-order valence-electron chi connectivity index (χ4n) is 3.94. The van der Waals surface area contributed by atoms with Gasteiger partial charge in [-0.2, -0.15) is 0 Å². The summed E-state index contributed by atoms with van der Waals surface area (Å²) in [5.41, 5.74) is 0. The van der Waals surface area contributed by atoms with Gasteiger partial charge in [0.05, 0.1) is 11.4 Å². The zero-order valence-corrected chi connectivity index (χ0v) is 14.3. The molecule has 0 aromatic carbocycles. The number of hydrogen-bond donors (Lipinski definition) is 1. The number of ether oxygens (including phenoxy) is 1. The van der Waals surface area contributed by atoms with E-state index in [1.165, 1.54) is 19.1 Å². The summed E-state index contributed by atoms with van der Waals surface area (Å²) in [6, 6.07) is 0.448. The van der Waals surface area contributed by atoms with Crippen molar-refractivity contribution in [3.05, 3.63) is 0 Å². The van der Waals surface area contributed by atoms with E-state index in [0.717, 1.165) is 51.7 Å². The first-order valence-corrected chi connectivity index (χ1v) is 10.5. The summed E-state index contributed by atoms with van der Waals surface area (Å²) in [6.45, 7) is 4.00. The van der Waals surface area contributed by atoms with Crippen LogP contribution in [0.1, 0.15) is 58.3 Å². The molecule has 0 amide bonds. The van der Waals surface area contributed by atoms with E-state index in [-0.39, 0.29) is 5.25 Å². The summed E-state index contributed by atoms with van der Waals surface area (Å²) in [6.07, 6.45) is 10.3. The highest BCUT2D eigenvalue weighted by Gasteiger charge is 2.33. The summed E-state index contributed by atoms with van der Waals surface area (Å²) in [5.74, 6) is 0.500. The van der Waals surface area contributed by atoms with Crippen LogP contribution in [0.4, 0.5) is 0 Å². The van der Waals surface area contributed by atoms with Gasteiger partial charge in [0.1, 0.15) is 9.84 Å². The van der Waals surface area contributed by atoms with E-state index in [4.69, 9.17) is 4.74 Å². The molecule has 4 nitrogen and oxygen atoms in total. The summed E-state index contributed by atoms with van der Waals surface area (Å²) >= 11 is 0. The first-order valence-electron chi connectivity index (χ1n) is 8.54. The number of sulfone groups is 1. The number of nitrogens with one attached hydrogen (secondary N) is 1. The fourth-order valence-corrected chi connectivity index (χ4v) is 5.13. The van der Waals surface area contributed by atoms with Crippen molar-refractivity contribution in [2.45, 2.75) is 75.7 Å². The van der Waals surface area contributed by atoms with Gasteiger partial charge in [-0.25, -0.2) is 8.42 Å². The Hall–Kier alpha value is -0.130. The molecule has 1 aliphatic heterocycles. The molecule has 2 rings (SSSR count). The molecule has 0 bridgehead atoms.